The Morgan fingerprint density at radius 2 is 2.00 bits per heavy atom. The lowest BCUT2D eigenvalue weighted by Gasteiger charge is -2.07. The van der Waals surface area contributed by atoms with E-state index in [2.05, 4.69) is 15.9 Å². The second-order valence-electron chi connectivity index (χ2n) is 2.36. The minimum absolute atomic E-state index is 0.109. The standard InChI is InChI=1S/C7H7BrFNO3/c8-5-6(11)3(2-10-13)1-4(9)7(5)12/h1,10-13H,2H2. The third-order valence-corrected chi connectivity index (χ3v) is 2.27. The Kier molecular flexibility index (Phi) is 3.07. The fourth-order valence-corrected chi connectivity index (χ4v) is 1.31. The SMILES string of the molecule is ONCc1cc(F)c(O)c(Br)c1O. The van der Waals surface area contributed by atoms with Crippen molar-refractivity contribution >= 4 is 15.9 Å². The highest BCUT2D eigenvalue weighted by Crippen LogP contribution is 2.37. The quantitative estimate of drug-likeness (QED) is 0.601. The number of nitrogens with one attached hydrogen (secondary N) is 1. The Hall–Kier alpha value is -0.850. The lowest BCUT2D eigenvalue weighted by molar-refractivity contribution is 0.160. The van der Waals surface area contributed by atoms with Gasteiger partial charge < -0.3 is 15.4 Å². The van der Waals surface area contributed by atoms with Crippen LogP contribution in [-0.4, -0.2) is 15.4 Å². The molecule has 6 heteroatoms. The van der Waals surface area contributed by atoms with Gasteiger partial charge in [-0.25, -0.2) is 9.87 Å². The zero-order chi connectivity index (χ0) is 10.0. The highest BCUT2D eigenvalue weighted by molar-refractivity contribution is 9.10. The van der Waals surface area contributed by atoms with E-state index in [-0.39, 0.29) is 22.3 Å². The normalized spacial score (nSPS) is 10.4. The predicted octanol–water partition coefficient (Wildman–Crippen LogP) is 1.48. The summed E-state index contributed by atoms with van der Waals surface area (Å²) in [4.78, 5) is 0. The molecule has 0 saturated heterocycles. The van der Waals surface area contributed by atoms with Gasteiger partial charge in [0.25, 0.3) is 0 Å². The Labute approximate surface area is 81.7 Å². The predicted molar refractivity (Wildman–Crippen MR) is 46.1 cm³/mol. The lowest BCUT2D eigenvalue weighted by atomic mass is 10.2. The van der Waals surface area contributed by atoms with Gasteiger partial charge in [-0.2, -0.15) is 0 Å². The number of phenols is 2. The molecule has 0 bridgehead atoms. The number of phenolic OH excluding ortho intramolecular Hbond substituents is 2. The molecule has 1 aromatic carbocycles. The molecule has 0 aliphatic rings. The van der Waals surface area contributed by atoms with Crippen LogP contribution in [-0.2, 0) is 6.54 Å². The molecule has 0 aliphatic heterocycles. The molecule has 0 unspecified atom stereocenters. The van der Waals surface area contributed by atoms with E-state index >= 15 is 0 Å². The summed E-state index contributed by atoms with van der Waals surface area (Å²) in [6.45, 7) is -0.109. The molecule has 0 aromatic heterocycles. The second-order valence-corrected chi connectivity index (χ2v) is 3.16. The van der Waals surface area contributed by atoms with E-state index < -0.39 is 11.6 Å². The molecule has 13 heavy (non-hydrogen) atoms. The summed E-state index contributed by atoms with van der Waals surface area (Å²) >= 11 is 2.80. The van der Waals surface area contributed by atoms with Crippen molar-refractivity contribution in [1.82, 2.24) is 5.48 Å². The third kappa shape index (κ3) is 1.90. The van der Waals surface area contributed by atoms with Crippen molar-refractivity contribution in [2.45, 2.75) is 6.54 Å². The van der Waals surface area contributed by atoms with E-state index in [4.69, 9.17) is 10.3 Å². The smallest absolute Gasteiger partial charge is 0.169 e. The number of hydroxylamine groups is 1. The van der Waals surface area contributed by atoms with Gasteiger partial charge in [0.2, 0.25) is 0 Å². The van der Waals surface area contributed by atoms with Crippen LogP contribution in [0.1, 0.15) is 5.56 Å². The highest BCUT2D eigenvalue weighted by Gasteiger charge is 2.14. The molecule has 1 rings (SSSR count). The van der Waals surface area contributed by atoms with Crippen LogP contribution in [0.4, 0.5) is 4.39 Å². The molecule has 0 spiro atoms. The molecule has 0 heterocycles. The summed E-state index contributed by atoms with van der Waals surface area (Å²) in [5.41, 5.74) is 1.91. The van der Waals surface area contributed by atoms with Crippen LogP contribution in [0.5, 0.6) is 11.5 Å². The molecular formula is C7H7BrFNO3. The van der Waals surface area contributed by atoms with Crippen molar-refractivity contribution < 1.29 is 19.8 Å². The van der Waals surface area contributed by atoms with Crippen molar-refractivity contribution in [3.63, 3.8) is 0 Å². The number of hydrogen-bond acceptors (Lipinski definition) is 4. The summed E-state index contributed by atoms with van der Waals surface area (Å²) in [5.74, 6) is -1.82. The largest absolute Gasteiger partial charge is 0.506 e. The second kappa shape index (κ2) is 3.91. The number of hydrogen-bond donors (Lipinski definition) is 4. The average molecular weight is 252 g/mol. The average Bonchev–Trinajstić information content (AvgIpc) is 2.11. The highest BCUT2D eigenvalue weighted by atomic mass is 79.9. The van der Waals surface area contributed by atoms with Crippen molar-refractivity contribution in [2.24, 2.45) is 0 Å². The van der Waals surface area contributed by atoms with Crippen LogP contribution in [0.3, 0.4) is 0 Å². The maximum atomic E-state index is 12.8. The molecule has 0 saturated carbocycles. The van der Waals surface area contributed by atoms with Gasteiger partial charge in [-0.15, -0.1) is 0 Å². The van der Waals surface area contributed by atoms with Crippen LogP contribution in [0, 0.1) is 5.82 Å². The van der Waals surface area contributed by atoms with Gasteiger partial charge >= 0.3 is 0 Å². The Balaban J connectivity index is 3.24. The molecule has 4 nitrogen and oxygen atoms in total. The Bertz CT molecular complexity index is 332. The molecule has 0 amide bonds. The van der Waals surface area contributed by atoms with Gasteiger partial charge in [0.1, 0.15) is 10.2 Å². The first-order valence-electron chi connectivity index (χ1n) is 3.33. The molecular weight excluding hydrogens is 245 g/mol. The molecule has 72 valence electrons. The lowest BCUT2D eigenvalue weighted by Crippen LogP contribution is -2.06. The van der Waals surface area contributed by atoms with Gasteiger partial charge in [-0.1, -0.05) is 0 Å². The minimum Gasteiger partial charge on any atom is -0.506 e. The van der Waals surface area contributed by atoms with E-state index in [9.17, 15) is 9.50 Å². The molecule has 1 aromatic rings. The van der Waals surface area contributed by atoms with E-state index in [0.717, 1.165) is 6.07 Å². The first-order chi connectivity index (χ1) is 6.07. The van der Waals surface area contributed by atoms with Crippen molar-refractivity contribution in [3.05, 3.63) is 21.9 Å². The molecule has 0 fully saturated rings. The zero-order valence-corrected chi connectivity index (χ0v) is 7.97. The van der Waals surface area contributed by atoms with Gasteiger partial charge in [-0.3, -0.25) is 0 Å². The number of benzene rings is 1. The van der Waals surface area contributed by atoms with Crippen LogP contribution in [0.15, 0.2) is 10.5 Å². The van der Waals surface area contributed by atoms with Crippen LogP contribution in [0.25, 0.3) is 0 Å². The van der Waals surface area contributed by atoms with Gasteiger partial charge in [-0.05, 0) is 22.0 Å². The first-order valence-corrected chi connectivity index (χ1v) is 4.13. The zero-order valence-electron chi connectivity index (χ0n) is 6.38. The summed E-state index contributed by atoms with van der Waals surface area (Å²) in [5, 5.41) is 26.7. The minimum atomic E-state index is -0.866. The fraction of sp³-hybridized carbons (Fsp3) is 0.143. The maximum Gasteiger partial charge on any atom is 0.169 e. The van der Waals surface area contributed by atoms with Crippen LogP contribution < -0.4 is 5.48 Å². The van der Waals surface area contributed by atoms with E-state index in [0.29, 0.717) is 0 Å². The summed E-state index contributed by atoms with van der Waals surface area (Å²) in [6.07, 6.45) is 0. The summed E-state index contributed by atoms with van der Waals surface area (Å²) in [6, 6.07) is 0.929. The summed E-state index contributed by atoms with van der Waals surface area (Å²) in [7, 11) is 0. The Morgan fingerprint density at radius 1 is 1.38 bits per heavy atom. The number of halogens is 2. The third-order valence-electron chi connectivity index (χ3n) is 1.52. The van der Waals surface area contributed by atoms with Crippen molar-refractivity contribution in [1.29, 1.82) is 0 Å². The van der Waals surface area contributed by atoms with Crippen LogP contribution in [0.2, 0.25) is 0 Å². The van der Waals surface area contributed by atoms with Crippen molar-refractivity contribution in [3.8, 4) is 11.5 Å². The molecule has 0 atom stereocenters. The topological polar surface area (TPSA) is 72.7 Å². The fourth-order valence-electron chi connectivity index (χ4n) is 0.868. The van der Waals surface area contributed by atoms with Gasteiger partial charge in [0.15, 0.2) is 11.6 Å². The first kappa shape index (κ1) is 10.2. The maximum absolute atomic E-state index is 12.8. The number of rotatable bonds is 2. The molecule has 0 radical (unpaired) electrons. The monoisotopic (exact) mass is 251 g/mol. The van der Waals surface area contributed by atoms with E-state index in [1.54, 1.807) is 5.48 Å². The van der Waals surface area contributed by atoms with E-state index in [1.165, 1.54) is 0 Å². The van der Waals surface area contributed by atoms with Gasteiger partial charge in [0, 0.05) is 12.1 Å². The molecule has 4 N–H and O–H groups in total. The van der Waals surface area contributed by atoms with Crippen LogP contribution >= 0.6 is 15.9 Å². The Morgan fingerprint density at radius 3 is 2.54 bits per heavy atom. The number of aromatic hydroxyl groups is 2. The van der Waals surface area contributed by atoms with Gasteiger partial charge in [0.05, 0.1) is 0 Å². The summed E-state index contributed by atoms with van der Waals surface area (Å²) < 4.78 is 12.7. The van der Waals surface area contributed by atoms with Crippen molar-refractivity contribution in [2.75, 3.05) is 0 Å². The van der Waals surface area contributed by atoms with E-state index in [1.807, 2.05) is 0 Å². The molecule has 0 aliphatic carbocycles.